The molecule has 0 saturated heterocycles. The van der Waals surface area contributed by atoms with E-state index in [-0.39, 0.29) is 0 Å². The van der Waals surface area contributed by atoms with Crippen LogP contribution in [0.2, 0.25) is 0 Å². The molecule has 1 rings (SSSR count). The van der Waals surface area contributed by atoms with Crippen molar-refractivity contribution in [3.63, 3.8) is 0 Å². The van der Waals surface area contributed by atoms with Crippen LogP contribution in [0, 0.1) is 5.92 Å². The maximum atomic E-state index is 4.39. The second kappa shape index (κ2) is 6.94. The average Bonchev–Trinajstić information content (AvgIpc) is 2.29. The molecule has 0 amide bonds. The fourth-order valence-corrected chi connectivity index (χ4v) is 2.33. The second-order valence-corrected chi connectivity index (χ2v) is 5.53. The lowest BCUT2D eigenvalue weighted by molar-refractivity contribution is 0.503. The van der Waals surface area contributed by atoms with Crippen molar-refractivity contribution in [2.75, 3.05) is 11.4 Å². The van der Waals surface area contributed by atoms with E-state index in [0.717, 1.165) is 29.8 Å². The summed E-state index contributed by atoms with van der Waals surface area (Å²) in [5.41, 5.74) is 0. The maximum Gasteiger partial charge on any atom is 0.133 e. The van der Waals surface area contributed by atoms with E-state index >= 15 is 0 Å². The molecule has 0 aliphatic heterocycles. The van der Waals surface area contributed by atoms with Crippen molar-refractivity contribution < 1.29 is 0 Å². The van der Waals surface area contributed by atoms with Gasteiger partial charge in [-0.15, -0.1) is 0 Å². The average molecular weight is 300 g/mol. The minimum absolute atomic E-state index is 0.555. The van der Waals surface area contributed by atoms with E-state index in [0.29, 0.717) is 12.0 Å². The molecular weight excluding hydrogens is 278 g/mol. The van der Waals surface area contributed by atoms with E-state index in [1.807, 2.05) is 6.07 Å². The van der Waals surface area contributed by atoms with Gasteiger partial charge in [0, 0.05) is 18.7 Å². The van der Waals surface area contributed by atoms with E-state index in [9.17, 15) is 0 Å². The Labute approximate surface area is 113 Å². The molecule has 0 spiro atoms. The highest BCUT2D eigenvalue weighted by molar-refractivity contribution is 9.10. The molecule has 4 heteroatoms. The Hall–Kier alpha value is -0.640. The Balaban J connectivity index is 2.96. The van der Waals surface area contributed by atoms with Gasteiger partial charge in [-0.05, 0) is 34.7 Å². The smallest absolute Gasteiger partial charge is 0.133 e. The number of nitrogens with zero attached hydrogens (tertiary/aromatic N) is 3. The quantitative estimate of drug-likeness (QED) is 0.746. The van der Waals surface area contributed by atoms with Gasteiger partial charge >= 0.3 is 0 Å². The van der Waals surface area contributed by atoms with Crippen LogP contribution in [0.4, 0.5) is 5.82 Å². The molecule has 0 N–H and O–H groups in total. The molecule has 0 unspecified atom stereocenters. The van der Waals surface area contributed by atoms with Crippen LogP contribution in [0.25, 0.3) is 0 Å². The summed E-state index contributed by atoms with van der Waals surface area (Å²) < 4.78 is 0.849. The number of halogens is 1. The molecule has 0 aliphatic rings. The van der Waals surface area contributed by atoms with Crippen molar-refractivity contribution in [3.05, 3.63) is 17.0 Å². The van der Waals surface area contributed by atoms with Gasteiger partial charge in [0.1, 0.15) is 16.7 Å². The Morgan fingerprint density at radius 3 is 2.35 bits per heavy atom. The number of hydrogen-bond acceptors (Lipinski definition) is 3. The summed E-state index contributed by atoms with van der Waals surface area (Å²) in [6, 6.07) is 2.56. The van der Waals surface area contributed by atoms with Crippen LogP contribution in [0.1, 0.15) is 40.5 Å². The highest BCUT2D eigenvalue weighted by Crippen LogP contribution is 2.21. The van der Waals surface area contributed by atoms with Crippen molar-refractivity contribution >= 4 is 21.7 Å². The van der Waals surface area contributed by atoms with Gasteiger partial charge in [0.15, 0.2) is 0 Å². The third-order valence-electron chi connectivity index (χ3n) is 2.86. The molecule has 0 fully saturated rings. The predicted octanol–water partition coefficient (Wildman–Crippen LogP) is 3.89. The van der Waals surface area contributed by atoms with Gasteiger partial charge < -0.3 is 4.90 Å². The summed E-state index contributed by atoms with van der Waals surface area (Å²) in [4.78, 5) is 10.9. The van der Waals surface area contributed by atoms with E-state index in [4.69, 9.17) is 0 Å². The molecule has 1 heterocycles. The van der Waals surface area contributed by atoms with Gasteiger partial charge in [0.05, 0.1) is 0 Å². The molecular formula is C13H22BrN3. The van der Waals surface area contributed by atoms with E-state index in [1.165, 1.54) is 0 Å². The van der Waals surface area contributed by atoms with Crippen LogP contribution in [0.3, 0.4) is 0 Å². The molecule has 3 nitrogen and oxygen atoms in total. The standard InChI is InChI=1S/C13H22BrN3/c1-5-11(6-2)17(8-10(3)4)13-7-12(14)15-9-16-13/h7,9-11H,5-6,8H2,1-4H3. The minimum atomic E-state index is 0.555. The van der Waals surface area contributed by atoms with Gasteiger partial charge in [-0.2, -0.15) is 0 Å². The fourth-order valence-electron chi connectivity index (χ4n) is 2.03. The third kappa shape index (κ3) is 4.26. The zero-order chi connectivity index (χ0) is 12.8. The van der Waals surface area contributed by atoms with Gasteiger partial charge in [-0.1, -0.05) is 27.7 Å². The lowest BCUT2D eigenvalue weighted by Gasteiger charge is -2.33. The third-order valence-corrected chi connectivity index (χ3v) is 3.29. The van der Waals surface area contributed by atoms with E-state index < -0.39 is 0 Å². The molecule has 0 atom stereocenters. The van der Waals surface area contributed by atoms with Crippen LogP contribution in [0.15, 0.2) is 17.0 Å². The first-order valence-electron chi connectivity index (χ1n) is 6.32. The lowest BCUT2D eigenvalue weighted by Crippen LogP contribution is -2.38. The highest BCUT2D eigenvalue weighted by Gasteiger charge is 2.18. The summed E-state index contributed by atoms with van der Waals surface area (Å²) in [7, 11) is 0. The number of rotatable bonds is 6. The van der Waals surface area contributed by atoms with Gasteiger partial charge in [0.25, 0.3) is 0 Å². The van der Waals surface area contributed by atoms with Crippen molar-refractivity contribution in [3.8, 4) is 0 Å². The Bertz CT molecular complexity index is 337. The summed E-state index contributed by atoms with van der Waals surface area (Å²) in [5, 5.41) is 0. The maximum absolute atomic E-state index is 4.39. The van der Waals surface area contributed by atoms with Crippen molar-refractivity contribution in [1.29, 1.82) is 0 Å². The molecule has 0 saturated carbocycles. The molecule has 0 aromatic carbocycles. The second-order valence-electron chi connectivity index (χ2n) is 4.72. The lowest BCUT2D eigenvalue weighted by atomic mass is 10.1. The normalized spacial score (nSPS) is 11.2. The molecule has 96 valence electrons. The number of aromatic nitrogens is 2. The Kier molecular flexibility index (Phi) is 5.89. The van der Waals surface area contributed by atoms with Crippen LogP contribution in [0.5, 0.6) is 0 Å². The minimum Gasteiger partial charge on any atom is -0.353 e. The van der Waals surface area contributed by atoms with E-state index in [1.54, 1.807) is 6.33 Å². The van der Waals surface area contributed by atoms with Gasteiger partial charge in [0.2, 0.25) is 0 Å². The summed E-state index contributed by atoms with van der Waals surface area (Å²) in [6.07, 6.45) is 3.91. The van der Waals surface area contributed by atoms with Crippen molar-refractivity contribution in [2.45, 2.75) is 46.6 Å². The van der Waals surface area contributed by atoms with Crippen LogP contribution >= 0.6 is 15.9 Å². The predicted molar refractivity (Wildman–Crippen MR) is 76.3 cm³/mol. The number of anilines is 1. The van der Waals surface area contributed by atoms with Crippen molar-refractivity contribution in [2.24, 2.45) is 5.92 Å². The molecule has 1 aromatic rings. The zero-order valence-corrected chi connectivity index (χ0v) is 12.7. The van der Waals surface area contributed by atoms with Crippen LogP contribution < -0.4 is 4.90 Å². The van der Waals surface area contributed by atoms with Gasteiger partial charge in [-0.3, -0.25) is 0 Å². The first-order valence-corrected chi connectivity index (χ1v) is 7.11. The van der Waals surface area contributed by atoms with Crippen LogP contribution in [-0.4, -0.2) is 22.6 Å². The van der Waals surface area contributed by atoms with Gasteiger partial charge in [-0.25, -0.2) is 9.97 Å². The molecule has 0 radical (unpaired) electrons. The topological polar surface area (TPSA) is 29.0 Å². The Morgan fingerprint density at radius 2 is 1.88 bits per heavy atom. The molecule has 0 bridgehead atoms. The molecule has 17 heavy (non-hydrogen) atoms. The van der Waals surface area contributed by atoms with Crippen molar-refractivity contribution in [1.82, 2.24) is 9.97 Å². The Morgan fingerprint density at radius 1 is 1.24 bits per heavy atom. The molecule has 1 aromatic heterocycles. The summed E-state index contributed by atoms with van der Waals surface area (Å²) in [5.74, 6) is 1.65. The monoisotopic (exact) mass is 299 g/mol. The first-order chi connectivity index (χ1) is 8.08. The largest absolute Gasteiger partial charge is 0.353 e. The number of hydrogen-bond donors (Lipinski definition) is 0. The van der Waals surface area contributed by atoms with E-state index in [2.05, 4.69) is 58.5 Å². The fraction of sp³-hybridized carbons (Fsp3) is 0.692. The highest BCUT2D eigenvalue weighted by atomic mass is 79.9. The van der Waals surface area contributed by atoms with Crippen LogP contribution in [-0.2, 0) is 0 Å². The summed E-state index contributed by atoms with van der Waals surface area (Å²) in [6.45, 7) is 9.99. The SMILES string of the molecule is CCC(CC)N(CC(C)C)c1cc(Br)ncn1. The first kappa shape index (κ1) is 14.4. The summed E-state index contributed by atoms with van der Waals surface area (Å²) >= 11 is 3.41. The molecule has 0 aliphatic carbocycles. The zero-order valence-electron chi connectivity index (χ0n) is 11.2.